The fourth-order valence-electron chi connectivity index (χ4n) is 4.05. The number of morpholine rings is 1. The minimum Gasteiger partial charge on any atom is -0.379 e. The molecule has 0 aromatic carbocycles. The highest BCUT2D eigenvalue weighted by Crippen LogP contribution is 2.46. The summed E-state index contributed by atoms with van der Waals surface area (Å²) < 4.78 is 7.58. The third kappa shape index (κ3) is 3.34. The Kier molecular flexibility index (Phi) is 4.58. The quantitative estimate of drug-likeness (QED) is 0.803. The van der Waals surface area contributed by atoms with Crippen LogP contribution in [0.15, 0.2) is 12.4 Å². The van der Waals surface area contributed by atoms with Crippen LogP contribution < -0.4 is 0 Å². The standard InChI is InChI=1S/C17H26N4O2S/c1-19-10-14(9-18-19)2-3-16(22)21-12-17(13-21)8-15(11-24-17)20-4-6-23-7-5-20/h9-10,15H,2-8,11-13H2,1H3. The van der Waals surface area contributed by atoms with E-state index in [2.05, 4.69) is 21.8 Å². The number of thioether (sulfide) groups is 1. The maximum atomic E-state index is 12.4. The predicted molar refractivity (Wildman–Crippen MR) is 94.1 cm³/mol. The van der Waals surface area contributed by atoms with Gasteiger partial charge < -0.3 is 9.64 Å². The van der Waals surface area contributed by atoms with Crippen molar-refractivity contribution in [2.45, 2.75) is 30.1 Å². The summed E-state index contributed by atoms with van der Waals surface area (Å²) in [6, 6.07) is 0.673. The molecule has 1 aromatic rings. The molecule has 0 N–H and O–H groups in total. The second-order valence-corrected chi connectivity index (χ2v) is 8.76. The normalized spacial score (nSPS) is 26.7. The van der Waals surface area contributed by atoms with Gasteiger partial charge in [0.05, 0.1) is 24.2 Å². The average Bonchev–Trinajstić information content (AvgIpc) is 3.19. The molecule has 3 fully saturated rings. The molecule has 0 saturated carbocycles. The molecule has 4 rings (SSSR count). The highest BCUT2D eigenvalue weighted by Gasteiger charge is 2.51. The van der Waals surface area contributed by atoms with Gasteiger partial charge in [-0.25, -0.2) is 0 Å². The minimum atomic E-state index is 0.292. The highest BCUT2D eigenvalue weighted by molar-refractivity contribution is 8.01. The van der Waals surface area contributed by atoms with Gasteiger partial charge in [0.2, 0.25) is 5.91 Å². The van der Waals surface area contributed by atoms with Gasteiger partial charge in [0, 0.05) is 57.6 Å². The second kappa shape index (κ2) is 6.69. The number of hydrogen-bond donors (Lipinski definition) is 0. The van der Waals surface area contributed by atoms with E-state index < -0.39 is 0 Å². The van der Waals surface area contributed by atoms with Gasteiger partial charge in [-0.3, -0.25) is 14.4 Å². The minimum absolute atomic E-state index is 0.292. The first kappa shape index (κ1) is 16.4. The van der Waals surface area contributed by atoms with Crippen LogP contribution in [-0.2, 0) is 23.0 Å². The van der Waals surface area contributed by atoms with Gasteiger partial charge in [0.1, 0.15) is 0 Å². The number of ether oxygens (including phenoxy) is 1. The number of rotatable bonds is 4. The van der Waals surface area contributed by atoms with Crippen molar-refractivity contribution in [2.24, 2.45) is 7.05 Å². The number of carbonyl (C=O) groups excluding carboxylic acids is 1. The van der Waals surface area contributed by atoms with Crippen LogP contribution in [0.5, 0.6) is 0 Å². The summed E-state index contributed by atoms with van der Waals surface area (Å²) >= 11 is 2.08. The Balaban J connectivity index is 1.23. The molecule has 1 atom stereocenters. The van der Waals surface area contributed by atoms with E-state index in [1.807, 2.05) is 24.3 Å². The van der Waals surface area contributed by atoms with Gasteiger partial charge in [-0.1, -0.05) is 0 Å². The Labute approximate surface area is 147 Å². The first-order chi connectivity index (χ1) is 11.6. The lowest BCUT2D eigenvalue weighted by atomic mass is 9.91. The summed E-state index contributed by atoms with van der Waals surface area (Å²) in [6.07, 6.45) is 6.46. The van der Waals surface area contributed by atoms with E-state index in [9.17, 15) is 4.79 Å². The summed E-state index contributed by atoms with van der Waals surface area (Å²) in [5.74, 6) is 1.50. The summed E-state index contributed by atoms with van der Waals surface area (Å²) in [4.78, 5) is 17.0. The van der Waals surface area contributed by atoms with Crippen molar-refractivity contribution in [3.63, 3.8) is 0 Å². The van der Waals surface area contributed by atoms with Crippen LogP contribution in [0.4, 0.5) is 0 Å². The van der Waals surface area contributed by atoms with Crippen LogP contribution in [-0.4, -0.2) is 81.4 Å². The zero-order valence-electron chi connectivity index (χ0n) is 14.3. The maximum Gasteiger partial charge on any atom is 0.222 e. The topological polar surface area (TPSA) is 50.6 Å². The van der Waals surface area contributed by atoms with Crippen molar-refractivity contribution < 1.29 is 9.53 Å². The molecule has 0 bridgehead atoms. The lowest BCUT2D eigenvalue weighted by Crippen LogP contribution is -2.61. The molecule has 3 saturated heterocycles. The highest BCUT2D eigenvalue weighted by atomic mass is 32.2. The van der Waals surface area contributed by atoms with Crippen molar-refractivity contribution >= 4 is 17.7 Å². The molecule has 1 aromatic heterocycles. The fraction of sp³-hybridized carbons (Fsp3) is 0.765. The molecule has 3 aliphatic heterocycles. The largest absolute Gasteiger partial charge is 0.379 e. The van der Waals surface area contributed by atoms with Crippen molar-refractivity contribution in [1.82, 2.24) is 19.6 Å². The van der Waals surface area contributed by atoms with Gasteiger partial charge in [0.15, 0.2) is 0 Å². The van der Waals surface area contributed by atoms with Crippen LogP contribution in [0.3, 0.4) is 0 Å². The molecule has 6 nitrogen and oxygen atoms in total. The second-order valence-electron chi connectivity index (χ2n) is 7.27. The van der Waals surface area contributed by atoms with E-state index in [-0.39, 0.29) is 0 Å². The van der Waals surface area contributed by atoms with E-state index in [0.717, 1.165) is 51.4 Å². The SMILES string of the molecule is Cn1cc(CCC(=O)N2CC3(CC(N4CCOCC4)CS3)C2)cn1. The third-order valence-electron chi connectivity index (χ3n) is 5.45. The average molecular weight is 350 g/mol. The van der Waals surface area contributed by atoms with Gasteiger partial charge in [0.25, 0.3) is 0 Å². The van der Waals surface area contributed by atoms with Crippen molar-refractivity contribution in [1.29, 1.82) is 0 Å². The number of aryl methyl sites for hydroxylation is 2. The molecule has 1 spiro atoms. The number of amides is 1. The molecule has 1 unspecified atom stereocenters. The van der Waals surface area contributed by atoms with Crippen molar-refractivity contribution in [3.05, 3.63) is 18.0 Å². The zero-order chi connectivity index (χ0) is 16.6. The van der Waals surface area contributed by atoms with Gasteiger partial charge in [-0.05, 0) is 18.4 Å². The number of hydrogen-bond acceptors (Lipinski definition) is 5. The molecular weight excluding hydrogens is 324 g/mol. The van der Waals surface area contributed by atoms with E-state index in [4.69, 9.17) is 4.74 Å². The van der Waals surface area contributed by atoms with Crippen LogP contribution in [0.25, 0.3) is 0 Å². The molecule has 1 amide bonds. The number of nitrogens with zero attached hydrogens (tertiary/aromatic N) is 4. The molecular formula is C17H26N4O2S. The monoisotopic (exact) mass is 350 g/mol. The molecule has 24 heavy (non-hydrogen) atoms. The Bertz CT molecular complexity index is 593. The van der Waals surface area contributed by atoms with E-state index in [1.54, 1.807) is 4.68 Å². The lowest BCUT2D eigenvalue weighted by Gasteiger charge is -2.48. The first-order valence-electron chi connectivity index (χ1n) is 8.85. The predicted octanol–water partition coefficient (Wildman–Crippen LogP) is 0.771. The van der Waals surface area contributed by atoms with Gasteiger partial charge >= 0.3 is 0 Å². The summed E-state index contributed by atoms with van der Waals surface area (Å²) in [6.45, 7) is 5.74. The van der Waals surface area contributed by atoms with Crippen molar-refractivity contribution in [2.75, 3.05) is 45.1 Å². The molecule has 0 radical (unpaired) electrons. The fourth-order valence-corrected chi connectivity index (χ4v) is 5.73. The summed E-state index contributed by atoms with van der Waals surface area (Å²) in [5, 5.41) is 4.16. The van der Waals surface area contributed by atoms with Gasteiger partial charge in [-0.15, -0.1) is 11.8 Å². The molecule has 7 heteroatoms. The Morgan fingerprint density at radius 1 is 1.42 bits per heavy atom. The van der Waals surface area contributed by atoms with Gasteiger partial charge in [-0.2, -0.15) is 5.10 Å². The van der Waals surface area contributed by atoms with Crippen LogP contribution in [0, 0.1) is 0 Å². The number of likely N-dealkylation sites (tertiary alicyclic amines) is 1. The Morgan fingerprint density at radius 2 is 2.21 bits per heavy atom. The number of aromatic nitrogens is 2. The molecule has 3 aliphatic rings. The lowest BCUT2D eigenvalue weighted by molar-refractivity contribution is -0.136. The van der Waals surface area contributed by atoms with E-state index in [1.165, 1.54) is 12.2 Å². The maximum absolute atomic E-state index is 12.4. The molecule has 0 aliphatic carbocycles. The first-order valence-corrected chi connectivity index (χ1v) is 9.83. The van der Waals surface area contributed by atoms with Crippen LogP contribution >= 0.6 is 11.8 Å². The zero-order valence-corrected chi connectivity index (χ0v) is 15.1. The molecule has 132 valence electrons. The van der Waals surface area contributed by atoms with Crippen LogP contribution in [0.2, 0.25) is 0 Å². The van der Waals surface area contributed by atoms with E-state index in [0.29, 0.717) is 23.1 Å². The smallest absolute Gasteiger partial charge is 0.222 e. The third-order valence-corrected chi connectivity index (χ3v) is 7.04. The van der Waals surface area contributed by atoms with Crippen LogP contribution in [0.1, 0.15) is 18.4 Å². The Hall–Kier alpha value is -1.05. The van der Waals surface area contributed by atoms with Crippen molar-refractivity contribution in [3.8, 4) is 0 Å². The Morgan fingerprint density at radius 3 is 2.92 bits per heavy atom. The number of carbonyl (C=O) groups is 1. The van der Waals surface area contributed by atoms with E-state index >= 15 is 0 Å². The summed E-state index contributed by atoms with van der Waals surface area (Å²) in [5.41, 5.74) is 1.14. The summed E-state index contributed by atoms with van der Waals surface area (Å²) in [7, 11) is 1.91. The molecule has 4 heterocycles.